The van der Waals surface area contributed by atoms with Gasteiger partial charge in [-0.15, -0.1) is 0 Å². The van der Waals surface area contributed by atoms with Crippen molar-refractivity contribution in [2.45, 2.75) is 6.92 Å². The number of carbonyl (C=O) groups is 1. The molecule has 0 saturated carbocycles. The molecule has 7 heteroatoms. The van der Waals surface area contributed by atoms with Crippen LogP contribution in [0, 0.1) is 6.92 Å². The zero-order chi connectivity index (χ0) is 18.7. The third kappa shape index (κ3) is 3.36. The minimum atomic E-state index is -0.384. The number of rotatable bonds is 5. The van der Waals surface area contributed by atoms with E-state index in [4.69, 9.17) is 25.6 Å². The summed E-state index contributed by atoms with van der Waals surface area (Å²) >= 11 is 6.24. The Labute approximate surface area is 155 Å². The van der Waals surface area contributed by atoms with Crippen LogP contribution in [0.2, 0.25) is 5.02 Å². The zero-order valence-corrected chi connectivity index (χ0v) is 15.3. The number of nitrogens with zero attached hydrogens (tertiary/aromatic N) is 1. The van der Waals surface area contributed by atoms with Crippen molar-refractivity contribution in [1.29, 1.82) is 0 Å². The average Bonchev–Trinajstić information content (AvgIpc) is 3.03. The molecule has 0 aliphatic carbocycles. The van der Waals surface area contributed by atoms with Gasteiger partial charge in [-0.25, -0.2) is 0 Å². The maximum atomic E-state index is 12.9. The van der Waals surface area contributed by atoms with Gasteiger partial charge in [0, 0.05) is 11.6 Å². The van der Waals surface area contributed by atoms with Gasteiger partial charge in [0.25, 0.3) is 5.91 Å². The van der Waals surface area contributed by atoms with E-state index in [9.17, 15) is 4.79 Å². The molecule has 0 bridgehead atoms. The number of carbonyl (C=O) groups excluding carboxylic acids is 1. The number of aromatic nitrogens is 1. The van der Waals surface area contributed by atoms with Gasteiger partial charge in [0.1, 0.15) is 28.5 Å². The third-order valence-electron chi connectivity index (χ3n) is 3.87. The number of ether oxygens (including phenoxy) is 2. The van der Waals surface area contributed by atoms with E-state index in [-0.39, 0.29) is 5.91 Å². The molecular formula is C19H17ClN2O4. The summed E-state index contributed by atoms with van der Waals surface area (Å²) in [6, 6.07) is 12.3. The Hall–Kier alpha value is -2.99. The van der Waals surface area contributed by atoms with Crippen LogP contribution in [0.15, 0.2) is 47.0 Å². The number of hydrogen-bond donors (Lipinski definition) is 1. The number of nitrogens with one attached hydrogen (secondary N) is 1. The van der Waals surface area contributed by atoms with E-state index >= 15 is 0 Å². The van der Waals surface area contributed by atoms with Crippen LogP contribution in [0.5, 0.6) is 11.5 Å². The molecule has 1 heterocycles. The lowest BCUT2D eigenvalue weighted by Crippen LogP contribution is -2.14. The van der Waals surface area contributed by atoms with E-state index in [1.807, 2.05) is 6.07 Å². The van der Waals surface area contributed by atoms with Crippen molar-refractivity contribution >= 4 is 23.2 Å². The number of benzene rings is 2. The van der Waals surface area contributed by atoms with Crippen molar-refractivity contribution < 1.29 is 18.8 Å². The Kier molecular flexibility index (Phi) is 5.14. The van der Waals surface area contributed by atoms with Gasteiger partial charge < -0.3 is 19.3 Å². The van der Waals surface area contributed by atoms with Gasteiger partial charge in [0.2, 0.25) is 0 Å². The molecule has 3 rings (SSSR count). The van der Waals surface area contributed by atoms with Crippen LogP contribution in [-0.4, -0.2) is 25.3 Å². The average molecular weight is 373 g/mol. The highest BCUT2D eigenvalue weighted by molar-refractivity contribution is 6.33. The predicted molar refractivity (Wildman–Crippen MR) is 99.2 cm³/mol. The van der Waals surface area contributed by atoms with Crippen LogP contribution in [0.3, 0.4) is 0 Å². The van der Waals surface area contributed by atoms with Crippen LogP contribution >= 0.6 is 11.6 Å². The highest BCUT2D eigenvalue weighted by atomic mass is 35.5. The molecule has 0 fully saturated rings. The molecule has 26 heavy (non-hydrogen) atoms. The monoisotopic (exact) mass is 372 g/mol. The lowest BCUT2D eigenvalue weighted by atomic mass is 10.1. The summed E-state index contributed by atoms with van der Waals surface area (Å²) in [5, 5.41) is 7.31. The van der Waals surface area contributed by atoms with Crippen LogP contribution in [-0.2, 0) is 0 Å². The Balaban J connectivity index is 2.00. The lowest BCUT2D eigenvalue weighted by Gasteiger charge is -2.12. The van der Waals surface area contributed by atoms with Crippen LogP contribution in [0.25, 0.3) is 11.3 Å². The Morgan fingerprint density at radius 3 is 2.62 bits per heavy atom. The van der Waals surface area contributed by atoms with E-state index in [0.717, 1.165) is 0 Å². The molecule has 6 nitrogen and oxygen atoms in total. The fourth-order valence-electron chi connectivity index (χ4n) is 2.57. The van der Waals surface area contributed by atoms with Crippen LogP contribution < -0.4 is 14.8 Å². The normalized spacial score (nSPS) is 10.5. The number of amides is 1. The summed E-state index contributed by atoms with van der Waals surface area (Å²) in [5.41, 5.74) is 1.78. The smallest absolute Gasteiger partial charge is 0.261 e. The summed E-state index contributed by atoms with van der Waals surface area (Å²) in [7, 11) is 3.07. The number of halogens is 1. The van der Waals surface area contributed by atoms with Gasteiger partial charge in [0.15, 0.2) is 0 Å². The second-order valence-corrected chi connectivity index (χ2v) is 5.87. The van der Waals surface area contributed by atoms with Crippen molar-refractivity contribution in [2.24, 2.45) is 0 Å². The van der Waals surface area contributed by atoms with Gasteiger partial charge >= 0.3 is 0 Å². The van der Waals surface area contributed by atoms with E-state index in [0.29, 0.717) is 44.8 Å². The summed E-state index contributed by atoms with van der Waals surface area (Å²) in [6.07, 6.45) is 0. The molecule has 0 radical (unpaired) electrons. The van der Waals surface area contributed by atoms with Crippen LogP contribution in [0.4, 0.5) is 5.69 Å². The number of methoxy groups -OCH3 is 2. The number of hydrogen-bond acceptors (Lipinski definition) is 5. The first-order valence-corrected chi connectivity index (χ1v) is 8.17. The maximum Gasteiger partial charge on any atom is 0.261 e. The highest BCUT2D eigenvalue weighted by Crippen LogP contribution is 2.33. The largest absolute Gasteiger partial charge is 0.497 e. The fraction of sp³-hybridized carbons (Fsp3) is 0.158. The highest BCUT2D eigenvalue weighted by Gasteiger charge is 2.24. The summed E-state index contributed by atoms with van der Waals surface area (Å²) in [4.78, 5) is 12.9. The molecule has 1 aromatic heterocycles. The SMILES string of the molecule is COc1ccc(OC)c(NC(=O)c2c(-c3ccccc3Cl)noc2C)c1. The summed E-state index contributed by atoms with van der Waals surface area (Å²) < 4.78 is 15.7. The van der Waals surface area contributed by atoms with Crippen molar-refractivity contribution in [3.63, 3.8) is 0 Å². The van der Waals surface area contributed by atoms with E-state index in [1.165, 1.54) is 7.11 Å². The number of aryl methyl sites for hydroxylation is 1. The minimum Gasteiger partial charge on any atom is -0.497 e. The maximum absolute atomic E-state index is 12.9. The van der Waals surface area contributed by atoms with Gasteiger partial charge in [0.05, 0.1) is 24.9 Å². The van der Waals surface area contributed by atoms with E-state index in [1.54, 1.807) is 50.4 Å². The first-order chi connectivity index (χ1) is 12.5. The molecular weight excluding hydrogens is 356 g/mol. The van der Waals surface area contributed by atoms with E-state index in [2.05, 4.69) is 10.5 Å². The molecule has 3 aromatic rings. The Morgan fingerprint density at radius 2 is 1.92 bits per heavy atom. The Bertz CT molecular complexity index is 952. The molecule has 1 amide bonds. The molecule has 0 saturated heterocycles. The molecule has 2 aromatic carbocycles. The first kappa shape index (κ1) is 17.8. The molecule has 0 aliphatic heterocycles. The molecule has 0 aliphatic rings. The summed E-state index contributed by atoms with van der Waals surface area (Å²) in [5.74, 6) is 1.10. The zero-order valence-electron chi connectivity index (χ0n) is 14.5. The molecule has 0 spiro atoms. The van der Waals surface area contributed by atoms with Crippen molar-refractivity contribution in [3.8, 4) is 22.8 Å². The van der Waals surface area contributed by atoms with Gasteiger partial charge in [-0.1, -0.05) is 35.0 Å². The Morgan fingerprint density at radius 1 is 1.15 bits per heavy atom. The molecule has 1 N–H and O–H groups in total. The third-order valence-corrected chi connectivity index (χ3v) is 4.20. The van der Waals surface area contributed by atoms with Gasteiger partial charge in [-0.05, 0) is 25.1 Å². The second-order valence-electron chi connectivity index (χ2n) is 5.46. The van der Waals surface area contributed by atoms with Gasteiger partial charge in [-0.3, -0.25) is 4.79 Å². The fourth-order valence-corrected chi connectivity index (χ4v) is 2.80. The standard InChI is InChI=1S/C19H17ClN2O4/c1-11-17(18(22-26-11)13-6-4-5-7-14(13)20)19(23)21-15-10-12(24-2)8-9-16(15)25-3/h4-10H,1-3H3,(H,21,23). The lowest BCUT2D eigenvalue weighted by molar-refractivity contribution is 0.102. The van der Waals surface area contributed by atoms with Crippen molar-refractivity contribution in [2.75, 3.05) is 19.5 Å². The predicted octanol–water partition coefficient (Wildman–Crippen LogP) is 4.57. The van der Waals surface area contributed by atoms with Crippen LogP contribution in [0.1, 0.15) is 16.1 Å². The molecule has 0 unspecified atom stereocenters. The molecule has 0 atom stereocenters. The van der Waals surface area contributed by atoms with E-state index < -0.39 is 0 Å². The second kappa shape index (κ2) is 7.49. The molecule has 134 valence electrons. The van der Waals surface area contributed by atoms with Crippen molar-refractivity contribution in [3.05, 3.63) is 58.8 Å². The van der Waals surface area contributed by atoms with Gasteiger partial charge in [-0.2, -0.15) is 0 Å². The first-order valence-electron chi connectivity index (χ1n) is 7.79. The number of anilines is 1. The quantitative estimate of drug-likeness (QED) is 0.710. The van der Waals surface area contributed by atoms with Crippen molar-refractivity contribution in [1.82, 2.24) is 5.16 Å². The summed E-state index contributed by atoms with van der Waals surface area (Å²) in [6.45, 7) is 1.67. The minimum absolute atomic E-state index is 0.308. The topological polar surface area (TPSA) is 73.6 Å².